The Kier molecular flexibility index (Phi) is 14.9. The highest BCUT2D eigenvalue weighted by Crippen LogP contribution is 2.36. The zero-order valence-corrected chi connectivity index (χ0v) is 43.5. The van der Waals surface area contributed by atoms with E-state index >= 15 is 0 Å². The van der Waals surface area contributed by atoms with Crippen molar-refractivity contribution in [3.63, 3.8) is 0 Å². The van der Waals surface area contributed by atoms with Crippen LogP contribution in [0.2, 0.25) is 10.0 Å². The third-order valence-electron chi connectivity index (χ3n) is 14.9. The molecule has 6 aromatic carbocycles. The minimum Gasteiger partial charge on any atom is -0.369 e. The van der Waals surface area contributed by atoms with Crippen molar-refractivity contribution in [2.24, 2.45) is 15.0 Å². The van der Waals surface area contributed by atoms with E-state index in [4.69, 9.17) is 33.2 Å². The molecule has 0 radical (unpaired) electrons. The predicted octanol–water partition coefficient (Wildman–Crippen LogP) is 11.5. The molecule has 0 N–H and O–H groups in total. The largest absolute Gasteiger partial charge is 0.369 e. The fourth-order valence-electron chi connectivity index (χ4n) is 10.1. The lowest BCUT2D eigenvalue weighted by molar-refractivity contribution is 0.313. The number of hydrogen-bond donors (Lipinski definition) is 0. The molecule has 12 rings (SSSR count). The molecule has 6 heterocycles. The molecule has 3 fully saturated rings. The average molecular weight is 1010 g/mol. The molecule has 372 valence electrons. The van der Waals surface area contributed by atoms with Crippen LogP contribution < -0.4 is 14.7 Å². The number of aryl methyl sites for hydroxylation is 2. The van der Waals surface area contributed by atoms with Gasteiger partial charge < -0.3 is 29.4 Å². The van der Waals surface area contributed by atoms with Crippen LogP contribution in [0.1, 0.15) is 44.5 Å². The molecule has 0 spiro atoms. The quantitative estimate of drug-likeness (QED) is 0.166. The molecular formula is C59H63Cl2F2N9. The first kappa shape index (κ1) is 49.6. The molecule has 0 amide bonds. The van der Waals surface area contributed by atoms with Crippen molar-refractivity contribution in [1.29, 1.82) is 0 Å². The van der Waals surface area contributed by atoms with E-state index in [0.717, 1.165) is 146 Å². The van der Waals surface area contributed by atoms with Crippen LogP contribution in [0.3, 0.4) is 0 Å². The number of hydrogen-bond acceptors (Lipinski definition) is 9. The Balaban J connectivity index is 0.000000124. The number of halogens is 4. The maximum Gasteiger partial charge on any atom is 0.143 e. The SMILES string of the molecule is CN1CCN(c2ccc(C3=Nc4cc(F)c(Cl)cc4C3)cc2)CC1.Cc1cc2c(cc1Cl)CC(c1ccc(N3CCN(C)CC3)cc1)=N2.Cc1cc2c(cc1F)CC(c1ccc(N3CCN(C)CC3)cc1)=N2. The van der Waals surface area contributed by atoms with E-state index in [1.165, 1.54) is 34.3 Å². The molecule has 0 aromatic heterocycles. The fraction of sp³-hybridized carbons (Fsp3) is 0.339. The Bertz CT molecular complexity index is 2700. The van der Waals surface area contributed by atoms with Gasteiger partial charge in [-0.1, -0.05) is 59.6 Å². The lowest BCUT2D eigenvalue weighted by Gasteiger charge is -2.34. The minimum absolute atomic E-state index is 0.143. The summed E-state index contributed by atoms with van der Waals surface area (Å²) in [6.45, 7) is 16.9. The van der Waals surface area contributed by atoms with Gasteiger partial charge in [0, 0.05) is 126 Å². The highest BCUT2D eigenvalue weighted by Gasteiger charge is 2.23. The monoisotopic (exact) mass is 1010 g/mol. The molecule has 6 aromatic rings. The van der Waals surface area contributed by atoms with Crippen molar-refractivity contribution in [3.8, 4) is 0 Å². The van der Waals surface area contributed by atoms with Crippen LogP contribution in [0.5, 0.6) is 0 Å². The summed E-state index contributed by atoms with van der Waals surface area (Å²) in [6, 6.07) is 36.7. The van der Waals surface area contributed by atoms with Crippen molar-refractivity contribution < 1.29 is 8.78 Å². The molecule has 6 aliphatic heterocycles. The number of benzene rings is 6. The van der Waals surface area contributed by atoms with Gasteiger partial charge in [-0.25, -0.2) is 8.78 Å². The van der Waals surface area contributed by atoms with Gasteiger partial charge in [0.15, 0.2) is 0 Å². The predicted molar refractivity (Wildman–Crippen MR) is 297 cm³/mol. The first-order chi connectivity index (χ1) is 34.8. The lowest BCUT2D eigenvalue weighted by atomic mass is 10.0. The summed E-state index contributed by atoms with van der Waals surface area (Å²) in [5.41, 5.74) is 18.0. The first-order valence-corrected chi connectivity index (χ1v) is 26.0. The molecule has 13 heteroatoms. The third kappa shape index (κ3) is 11.3. The van der Waals surface area contributed by atoms with Crippen LogP contribution in [0.15, 0.2) is 124 Å². The molecule has 0 bridgehead atoms. The van der Waals surface area contributed by atoms with Crippen molar-refractivity contribution in [3.05, 3.63) is 175 Å². The van der Waals surface area contributed by atoms with Crippen molar-refractivity contribution in [2.75, 3.05) is 114 Å². The summed E-state index contributed by atoms with van der Waals surface area (Å²) in [5.74, 6) is -0.554. The Morgan fingerprint density at radius 2 is 0.694 bits per heavy atom. The molecule has 72 heavy (non-hydrogen) atoms. The summed E-state index contributed by atoms with van der Waals surface area (Å²) in [7, 11) is 6.51. The zero-order chi connectivity index (χ0) is 50.0. The molecule has 0 atom stereocenters. The van der Waals surface area contributed by atoms with Crippen LogP contribution in [-0.4, -0.2) is 132 Å². The maximum absolute atomic E-state index is 13.7. The number of fused-ring (bicyclic) bond motifs is 3. The Hall–Kier alpha value is -5.95. The average Bonchev–Trinajstić information content (AvgIpc) is 4.12. The van der Waals surface area contributed by atoms with Crippen LogP contribution in [-0.2, 0) is 19.3 Å². The topological polar surface area (TPSA) is 56.5 Å². The van der Waals surface area contributed by atoms with Gasteiger partial charge in [-0.05, 0) is 146 Å². The fourth-order valence-corrected chi connectivity index (χ4v) is 10.5. The van der Waals surface area contributed by atoms with Crippen LogP contribution >= 0.6 is 23.2 Å². The van der Waals surface area contributed by atoms with Gasteiger partial charge in [0.05, 0.1) is 39.2 Å². The maximum atomic E-state index is 13.7. The molecule has 3 saturated heterocycles. The number of rotatable bonds is 6. The van der Waals surface area contributed by atoms with Crippen molar-refractivity contribution in [2.45, 2.75) is 33.1 Å². The van der Waals surface area contributed by atoms with E-state index in [2.05, 4.69) is 140 Å². The van der Waals surface area contributed by atoms with Gasteiger partial charge in [-0.3, -0.25) is 15.0 Å². The van der Waals surface area contributed by atoms with E-state index in [1.807, 2.05) is 13.0 Å². The van der Waals surface area contributed by atoms with Crippen LogP contribution in [0.4, 0.5) is 42.9 Å². The Labute approximate surface area is 433 Å². The Morgan fingerprint density at radius 1 is 0.375 bits per heavy atom. The van der Waals surface area contributed by atoms with E-state index < -0.39 is 5.82 Å². The standard InChI is InChI=1S/C20H22ClN3.C20H22FN3.C19H19ClFN3/c2*1-14-11-19-16(12-18(14)21)13-20(22-19)15-3-5-17(6-4-15)24-9-7-23(2)8-10-24;1-23-6-8-24(9-7-23)15-4-2-13(3-5-15)18-11-14-10-16(20)17(21)12-19(14)22-18/h2*3-6,11-12H,7-10,13H2,1-2H3;2-5,10,12H,6-9,11H2,1H3. The molecule has 0 saturated carbocycles. The highest BCUT2D eigenvalue weighted by atomic mass is 35.5. The van der Waals surface area contributed by atoms with Crippen molar-refractivity contribution in [1.82, 2.24) is 14.7 Å². The lowest BCUT2D eigenvalue weighted by Crippen LogP contribution is -2.44. The van der Waals surface area contributed by atoms with Crippen LogP contribution in [0.25, 0.3) is 0 Å². The number of aliphatic imine (C=N–C) groups is 3. The summed E-state index contributed by atoms with van der Waals surface area (Å²) >= 11 is 12.1. The molecule has 0 unspecified atom stereocenters. The third-order valence-corrected chi connectivity index (χ3v) is 15.6. The summed E-state index contributed by atoms with van der Waals surface area (Å²) in [4.78, 5) is 28.5. The highest BCUT2D eigenvalue weighted by molar-refractivity contribution is 6.31. The normalized spacial score (nSPS) is 17.8. The molecule has 9 nitrogen and oxygen atoms in total. The number of piperazine rings is 3. The summed E-state index contributed by atoms with van der Waals surface area (Å²) in [6.07, 6.45) is 2.27. The second-order valence-corrected chi connectivity index (χ2v) is 20.9. The molecular weight excluding hydrogens is 944 g/mol. The number of nitrogens with zero attached hydrogens (tertiary/aromatic N) is 9. The van der Waals surface area contributed by atoms with Gasteiger partial charge in [0.2, 0.25) is 0 Å². The second-order valence-electron chi connectivity index (χ2n) is 20.1. The van der Waals surface area contributed by atoms with E-state index in [0.29, 0.717) is 24.1 Å². The second kappa shape index (κ2) is 21.6. The number of anilines is 3. The van der Waals surface area contributed by atoms with Gasteiger partial charge in [-0.15, -0.1) is 0 Å². The van der Waals surface area contributed by atoms with Gasteiger partial charge >= 0.3 is 0 Å². The summed E-state index contributed by atoms with van der Waals surface area (Å²) < 4.78 is 27.3. The summed E-state index contributed by atoms with van der Waals surface area (Å²) in [5, 5.41) is 0.992. The zero-order valence-electron chi connectivity index (χ0n) is 42.0. The first-order valence-electron chi connectivity index (χ1n) is 25.2. The van der Waals surface area contributed by atoms with E-state index in [1.54, 1.807) is 19.1 Å². The van der Waals surface area contributed by atoms with Gasteiger partial charge in [0.1, 0.15) is 11.6 Å². The van der Waals surface area contributed by atoms with E-state index in [9.17, 15) is 8.78 Å². The smallest absolute Gasteiger partial charge is 0.143 e. The molecule has 0 aliphatic carbocycles. The number of likely N-dealkylation sites (N-methyl/N-ethyl adjacent to an activating group) is 3. The van der Waals surface area contributed by atoms with E-state index in [-0.39, 0.29) is 10.8 Å². The van der Waals surface area contributed by atoms with Crippen molar-refractivity contribution >= 4 is 74.5 Å². The van der Waals surface area contributed by atoms with Crippen LogP contribution in [0, 0.1) is 25.5 Å². The minimum atomic E-state index is -0.411. The van der Waals surface area contributed by atoms with Gasteiger partial charge in [0.25, 0.3) is 0 Å². The molecule has 6 aliphatic rings. The Morgan fingerprint density at radius 3 is 1.07 bits per heavy atom. The van der Waals surface area contributed by atoms with Gasteiger partial charge in [-0.2, -0.15) is 0 Å².